The van der Waals surface area contributed by atoms with Gasteiger partial charge in [0, 0.05) is 18.5 Å². The van der Waals surface area contributed by atoms with Gasteiger partial charge in [-0.3, -0.25) is 4.79 Å². The Bertz CT molecular complexity index is 2110. The Kier molecular flexibility index (Phi) is 9.29. The number of aromatic nitrogens is 3. The minimum atomic E-state index is -4.43. The van der Waals surface area contributed by atoms with Gasteiger partial charge in [-0.05, 0) is 64.4 Å². The molecule has 1 aliphatic heterocycles. The Morgan fingerprint density at radius 2 is 1.80 bits per heavy atom. The second-order valence-electron chi connectivity index (χ2n) is 12.8. The summed E-state index contributed by atoms with van der Waals surface area (Å²) in [6.45, 7) is 7.20. The maximum atomic E-state index is 15.7. The number of benzene rings is 2. The number of hydrogen-bond acceptors (Lipinski definition) is 12. The van der Waals surface area contributed by atoms with Crippen molar-refractivity contribution in [2.75, 3.05) is 16.9 Å². The van der Waals surface area contributed by atoms with E-state index in [2.05, 4.69) is 20.4 Å². The Morgan fingerprint density at radius 3 is 2.41 bits per heavy atom. The molecule has 0 spiro atoms. The summed E-state index contributed by atoms with van der Waals surface area (Å²) in [7, 11) is -8.18. The molecule has 17 heteroatoms. The molecule has 0 fully saturated rings. The summed E-state index contributed by atoms with van der Waals surface area (Å²) in [4.78, 5) is 35.8. The van der Waals surface area contributed by atoms with Crippen LogP contribution in [0.2, 0.25) is 0 Å². The lowest BCUT2D eigenvalue weighted by atomic mass is 10.1. The molecule has 14 nitrogen and oxygen atoms in total. The minimum Gasteiger partial charge on any atom is -0.444 e. The van der Waals surface area contributed by atoms with Gasteiger partial charge in [-0.2, -0.15) is 4.98 Å². The fraction of sp³-hybridized carbons (Fsp3) is 0.344. The van der Waals surface area contributed by atoms with Gasteiger partial charge in [0.05, 0.1) is 28.4 Å². The summed E-state index contributed by atoms with van der Waals surface area (Å²) in [6, 6.07) is 12.2. The topological polar surface area (TPSA) is 188 Å². The molecule has 1 N–H and O–H groups in total. The van der Waals surface area contributed by atoms with E-state index in [9.17, 15) is 26.4 Å². The highest BCUT2D eigenvalue weighted by atomic mass is 32.2. The van der Waals surface area contributed by atoms with Crippen molar-refractivity contribution < 1.29 is 44.8 Å². The summed E-state index contributed by atoms with van der Waals surface area (Å²) < 4.78 is 82.4. The molecule has 0 bridgehead atoms. The average Bonchev–Trinajstić information content (AvgIpc) is 3.48. The molecule has 0 radical (unpaired) electrons. The van der Waals surface area contributed by atoms with Crippen molar-refractivity contribution in [1.82, 2.24) is 20.4 Å². The number of rotatable bonds is 8. The van der Waals surface area contributed by atoms with E-state index in [0.717, 1.165) is 23.3 Å². The first kappa shape index (κ1) is 35.4. The van der Waals surface area contributed by atoms with Gasteiger partial charge in [-0.15, -0.1) is 0 Å². The number of fused-ring (bicyclic) bond motifs is 1. The fourth-order valence-corrected chi connectivity index (χ4v) is 6.69. The van der Waals surface area contributed by atoms with Crippen molar-refractivity contribution in [2.45, 2.75) is 62.4 Å². The molecule has 0 saturated heterocycles. The Labute approximate surface area is 282 Å². The third kappa shape index (κ3) is 7.72. The van der Waals surface area contributed by atoms with Gasteiger partial charge < -0.3 is 24.2 Å². The predicted octanol–water partition coefficient (Wildman–Crippen LogP) is 4.56. The van der Waals surface area contributed by atoms with Crippen molar-refractivity contribution in [2.24, 2.45) is 0 Å². The third-order valence-electron chi connectivity index (χ3n) is 7.53. The van der Waals surface area contributed by atoms with Gasteiger partial charge in [0.25, 0.3) is 5.91 Å². The number of para-hydroxylation sites is 1. The molecule has 260 valence electrons. The average molecular weight is 716 g/mol. The summed E-state index contributed by atoms with van der Waals surface area (Å²) in [5.41, 5.74) is -1.14. The molecule has 49 heavy (non-hydrogen) atoms. The van der Waals surface area contributed by atoms with Crippen molar-refractivity contribution in [1.29, 1.82) is 0 Å². The summed E-state index contributed by atoms with van der Waals surface area (Å²) in [5.74, 6) is -2.74. The number of amides is 2. The zero-order chi connectivity index (χ0) is 35.9. The van der Waals surface area contributed by atoms with E-state index in [1.165, 1.54) is 20.0 Å². The number of carbonyl (C=O) groups is 2. The lowest BCUT2D eigenvalue weighted by Gasteiger charge is -2.27. The Morgan fingerprint density at radius 1 is 1.10 bits per heavy atom. The minimum absolute atomic E-state index is 0.242. The first-order valence-electron chi connectivity index (χ1n) is 14.8. The van der Waals surface area contributed by atoms with Crippen LogP contribution in [0.15, 0.2) is 70.2 Å². The van der Waals surface area contributed by atoms with Crippen LogP contribution < -0.4 is 15.0 Å². The van der Waals surface area contributed by atoms with E-state index >= 15 is 4.39 Å². The van der Waals surface area contributed by atoms with E-state index in [1.807, 2.05) is 6.07 Å². The normalized spacial score (nSPS) is 16.4. The number of nitrogens with zero attached hydrogens (tertiary/aromatic N) is 4. The van der Waals surface area contributed by atoms with E-state index in [4.69, 9.17) is 14.0 Å². The number of hydrogen-bond donors (Lipinski definition) is 1. The van der Waals surface area contributed by atoms with Crippen molar-refractivity contribution in [3.63, 3.8) is 0 Å². The number of pyridine rings is 1. The van der Waals surface area contributed by atoms with Crippen LogP contribution in [0.5, 0.6) is 11.6 Å². The Balaban J connectivity index is 1.58. The molecule has 0 saturated carbocycles. The van der Waals surface area contributed by atoms with Gasteiger partial charge in [0.2, 0.25) is 17.6 Å². The quantitative estimate of drug-likeness (QED) is 0.268. The third-order valence-corrected chi connectivity index (χ3v) is 11.3. The lowest BCUT2D eigenvalue weighted by Crippen LogP contribution is -2.51. The first-order valence-corrected chi connectivity index (χ1v) is 18.4. The summed E-state index contributed by atoms with van der Waals surface area (Å²) in [5, 5.41) is 6.10. The second kappa shape index (κ2) is 12.9. The van der Waals surface area contributed by atoms with E-state index in [1.54, 1.807) is 57.2 Å². The van der Waals surface area contributed by atoms with Crippen LogP contribution in [0.4, 0.5) is 14.9 Å². The van der Waals surface area contributed by atoms with Gasteiger partial charge in [-0.1, -0.05) is 29.4 Å². The van der Waals surface area contributed by atoms with E-state index in [-0.39, 0.29) is 35.4 Å². The maximum absolute atomic E-state index is 15.7. The van der Waals surface area contributed by atoms with Gasteiger partial charge in [-0.25, -0.2) is 31.0 Å². The van der Waals surface area contributed by atoms with E-state index in [0.29, 0.717) is 11.3 Å². The standard InChI is InChI=1S/C32H34FN5O9S2/c1-31(2,3)46-30(40)35-23-18-49(43,44)25-15-22(33)21(27-36-29(47-37-27)32(4,5)48(6,41)42)14-24(25)38(28(23)39)17-19-12-13-26(34-16-19)45-20-10-8-7-9-11-20/h7-16,23H,17-18H2,1-6H3,(H,35,40)/t23-/m0/s1. The molecule has 3 heterocycles. The molecule has 5 rings (SSSR count). The molecule has 2 aromatic heterocycles. The highest BCUT2D eigenvalue weighted by molar-refractivity contribution is 7.92. The molecule has 4 aromatic rings. The molecule has 1 aliphatic rings. The molecule has 2 aromatic carbocycles. The van der Waals surface area contributed by atoms with Gasteiger partial charge in [0.15, 0.2) is 19.7 Å². The lowest BCUT2D eigenvalue weighted by molar-refractivity contribution is -0.120. The van der Waals surface area contributed by atoms with Crippen molar-refractivity contribution >= 4 is 37.4 Å². The largest absolute Gasteiger partial charge is 0.444 e. The van der Waals surface area contributed by atoms with Crippen molar-refractivity contribution in [3.05, 3.63) is 78.1 Å². The number of alkyl carbamates (subject to hydrolysis) is 1. The summed E-state index contributed by atoms with van der Waals surface area (Å²) in [6.07, 6.45) is 1.37. The summed E-state index contributed by atoms with van der Waals surface area (Å²) >= 11 is 0. The SMILES string of the molecule is CC(C)(C)OC(=O)N[C@H]1CS(=O)(=O)c2cc(F)c(-c3noc(C(C)(C)S(C)(=O)=O)n3)cc2N(Cc2ccc(Oc3ccccc3)nc2)C1=O. The molecular formula is C32H34FN5O9S2. The predicted molar refractivity (Wildman–Crippen MR) is 175 cm³/mol. The molecule has 2 amide bonds. The molecule has 0 unspecified atom stereocenters. The van der Waals surface area contributed by atoms with Crippen molar-refractivity contribution in [3.8, 4) is 23.0 Å². The van der Waals surface area contributed by atoms with Gasteiger partial charge >= 0.3 is 6.09 Å². The Hall–Kier alpha value is -4.90. The number of ether oxygens (including phenoxy) is 2. The van der Waals surface area contributed by atoms with Crippen LogP contribution in [0.1, 0.15) is 46.1 Å². The maximum Gasteiger partial charge on any atom is 0.408 e. The van der Waals surface area contributed by atoms with Crippen LogP contribution in [-0.4, -0.2) is 67.6 Å². The number of nitrogens with one attached hydrogen (secondary N) is 1. The molecular weight excluding hydrogens is 682 g/mol. The zero-order valence-electron chi connectivity index (χ0n) is 27.4. The number of sulfone groups is 2. The highest BCUT2D eigenvalue weighted by Gasteiger charge is 2.42. The fourth-order valence-electron chi connectivity index (χ4n) is 4.67. The zero-order valence-corrected chi connectivity index (χ0v) is 29.1. The first-order chi connectivity index (χ1) is 22.7. The van der Waals surface area contributed by atoms with Crippen LogP contribution in [0, 0.1) is 5.82 Å². The van der Waals surface area contributed by atoms with Crippen LogP contribution in [-0.2, 0) is 40.5 Å². The van der Waals surface area contributed by atoms with E-state index < -0.39 is 64.5 Å². The van der Waals surface area contributed by atoms with Crippen LogP contribution in [0.3, 0.4) is 0 Å². The highest BCUT2D eigenvalue weighted by Crippen LogP contribution is 2.38. The second-order valence-corrected chi connectivity index (χ2v) is 17.4. The smallest absolute Gasteiger partial charge is 0.408 e. The number of carbonyl (C=O) groups excluding carboxylic acids is 2. The number of anilines is 1. The van der Waals surface area contributed by atoms with Crippen LogP contribution in [0.25, 0.3) is 11.4 Å². The molecule has 1 atom stereocenters. The van der Waals surface area contributed by atoms with Gasteiger partial charge in [0.1, 0.15) is 28.0 Å². The molecule has 0 aliphatic carbocycles. The van der Waals surface area contributed by atoms with Crippen LogP contribution >= 0.6 is 0 Å². The number of halogens is 1. The monoisotopic (exact) mass is 715 g/mol.